The van der Waals surface area contributed by atoms with E-state index in [1.165, 1.54) is 0 Å². The Balaban J connectivity index is 0.00000392. The summed E-state index contributed by atoms with van der Waals surface area (Å²) >= 11 is 12.0. The zero-order valence-corrected chi connectivity index (χ0v) is 19.6. The molecule has 3 N–H and O–H groups in total. The number of hydrogen-bond donors (Lipinski definition) is 3. The molecule has 0 fully saturated rings. The number of guanidine groups is 1. The second-order valence-electron chi connectivity index (χ2n) is 5.73. The van der Waals surface area contributed by atoms with Gasteiger partial charge in [0.1, 0.15) is 0 Å². The molecule has 0 spiro atoms. The molecule has 28 heavy (non-hydrogen) atoms. The first-order chi connectivity index (χ1) is 13.0. The Labute approximate surface area is 192 Å². The fourth-order valence-corrected chi connectivity index (χ4v) is 2.91. The molecule has 1 aromatic heterocycles. The molecule has 0 saturated carbocycles. The van der Waals surface area contributed by atoms with Crippen molar-refractivity contribution in [1.29, 1.82) is 0 Å². The van der Waals surface area contributed by atoms with Gasteiger partial charge in [-0.05, 0) is 49.2 Å². The summed E-state index contributed by atoms with van der Waals surface area (Å²) in [6.45, 7) is 5.88. The molecular formula is C19H25Cl2IN4O2. The van der Waals surface area contributed by atoms with Gasteiger partial charge in [0.25, 0.3) is 0 Å². The van der Waals surface area contributed by atoms with E-state index in [4.69, 9.17) is 27.9 Å². The van der Waals surface area contributed by atoms with Gasteiger partial charge in [-0.2, -0.15) is 0 Å². The van der Waals surface area contributed by atoms with Crippen LogP contribution in [0.4, 0.5) is 0 Å². The Hall–Kier alpha value is -1.29. The lowest BCUT2D eigenvalue weighted by Gasteiger charge is -2.16. The number of ether oxygens (including phenoxy) is 1. The van der Waals surface area contributed by atoms with Gasteiger partial charge >= 0.3 is 0 Å². The smallest absolute Gasteiger partial charge is 0.213 e. The van der Waals surface area contributed by atoms with E-state index in [0.29, 0.717) is 47.1 Å². The molecule has 9 heteroatoms. The van der Waals surface area contributed by atoms with Gasteiger partial charge in [0.05, 0.1) is 19.3 Å². The molecule has 0 amide bonds. The molecule has 0 aliphatic rings. The zero-order chi connectivity index (χ0) is 19.6. The molecule has 0 saturated heterocycles. The van der Waals surface area contributed by atoms with Crippen LogP contribution in [0.2, 0.25) is 10.0 Å². The van der Waals surface area contributed by atoms with E-state index in [9.17, 15) is 5.11 Å². The van der Waals surface area contributed by atoms with Crippen LogP contribution >= 0.6 is 47.2 Å². The Kier molecular flexibility index (Phi) is 11.5. The number of halogens is 3. The van der Waals surface area contributed by atoms with Crippen LogP contribution in [0.3, 0.4) is 0 Å². The largest absolute Gasteiger partial charge is 0.478 e. The molecule has 0 bridgehead atoms. The van der Waals surface area contributed by atoms with Crippen LogP contribution in [0, 0.1) is 0 Å². The number of aromatic nitrogens is 1. The molecule has 1 heterocycles. The van der Waals surface area contributed by atoms with Crippen LogP contribution in [-0.4, -0.2) is 35.7 Å². The number of rotatable bonds is 8. The van der Waals surface area contributed by atoms with E-state index < -0.39 is 6.10 Å². The number of pyridine rings is 1. The SMILES string of the molecule is CCNC(=NCc1ccnc(OCC)c1)NCC(O)c1cc(Cl)cc(Cl)c1.I. The molecule has 2 rings (SSSR count). The fraction of sp³-hybridized carbons (Fsp3) is 0.368. The average Bonchev–Trinajstić information content (AvgIpc) is 2.63. The van der Waals surface area contributed by atoms with Crippen LogP contribution in [-0.2, 0) is 6.54 Å². The summed E-state index contributed by atoms with van der Waals surface area (Å²) in [6.07, 6.45) is 0.929. The number of benzene rings is 1. The molecule has 0 aliphatic carbocycles. The maximum absolute atomic E-state index is 10.4. The summed E-state index contributed by atoms with van der Waals surface area (Å²) in [5.41, 5.74) is 1.62. The van der Waals surface area contributed by atoms with Gasteiger partial charge in [-0.1, -0.05) is 23.2 Å². The minimum Gasteiger partial charge on any atom is -0.478 e. The van der Waals surface area contributed by atoms with Gasteiger partial charge < -0.3 is 20.5 Å². The number of nitrogens with zero attached hydrogens (tertiary/aromatic N) is 2. The van der Waals surface area contributed by atoms with E-state index in [1.54, 1.807) is 24.4 Å². The van der Waals surface area contributed by atoms with Gasteiger partial charge in [-0.25, -0.2) is 9.98 Å². The highest BCUT2D eigenvalue weighted by Crippen LogP contribution is 2.23. The van der Waals surface area contributed by atoms with Crippen molar-refractivity contribution < 1.29 is 9.84 Å². The number of nitrogens with one attached hydrogen (secondary N) is 2. The van der Waals surface area contributed by atoms with E-state index in [0.717, 1.165) is 5.56 Å². The first-order valence-corrected chi connectivity index (χ1v) is 9.51. The lowest BCUT2D eigenvalue weighted by Crippen LogP contribution is -2.39. The van der Waals surface area contributed by atoms with Crippen molar-refractivity contribution in [1.82, 2.24) is 15.6 Å². The predicted octanol–water partition coefficient (Wildman–Crippen LogP) is 4.19. The van der Waals surface area contributed by atoms with E-state index in [2.05, 4.69) is 20.6 Å². The monoisotopic (exact) mass is 538 g/mol. The molecule has 0 aliphatic heterocycles. The molecule has 1 unspecified atom stereocenters. The second-order valence-corrected chi connectivity index (χ2v) is 6.60. The van der Waals surface area contributed by atoms with Crippen LogP contribution in [0.5, 0.6) is 5.88 Å². The fourth-order valence-electron chi connectivity index (χ4n) is 2.37. The van der Waals surface area contributed by atoms with Crippen molar-refractivity contribution in [2.24, 2.45) is 4.99 Å². The third-order valence-electron chi connectivity index (χ3n) is 3.59. The Morgan fingerprint density at radius 1 is 1.18 bits per heavy atom. The molecule has 154 valence electrons. The summed E-state index contributed by atoms with van der Waals surface area (Å²) < 4.78 is 5.40. The summed E-state index contributed by atoms with van der Waals surface area (Å²) in [4.78, 5) is 8.68. The Bertz CT molecular complexity index is 757. The highest BCUT2D eigenvalue weighted by molar-refractivity contribution is 14.0. The van der Waals surface area contributed by atoms with Gasteiger partial charge in [0.2, 0.25) is 5.88 Å². The average molecular weight is 539 g/mol. The summed E-state index contributed by atoms with van der Waals surface area (Å²) in [5.74, 6) is 1.18. The number of hydrogen-bond acceptors (Lipinski definition) is 4. The molecule has 1 atom stereocenters. The topological polar surface area (TPSA) is 78.8 Å². The van der Waals surface area contributed by atoms with E-state index in [-0.39, 0.29) is 30.5 Å². The maximum atomic E-state index is 10.4. The second kappa shape index (κ2) is 13.0. The van der Waals surface area contributed by atoms with E-state index in [1.807, 2.05) is 26.0 Å². The molecular weight excluding hydrogens is 514 g/mol. The molecule has 6 nitrogen and oxygen atoms in total. The normalized spacial score (nSPS) is 12.1. The van der Waals surface area contributed by atoms with Crippen molar-refractivity contribution in [2.45, 2.75) is 26.5 Å². The molecule has 2 aromatic rings. The van der Waals surface area contributed by atoms with Gasteiger partial charge in [-0.15, -0.1) is 24.0 Å². The number of aliphatic hydroxyl groups excluding tert-OH is 1. The van der Waals surface area contributed by atoms with Crippen LogP contribution in [0.15, 0.2) is 41.5 Å². The van der Waals surface area contributed by atoms with Crippen molar-refractivity contribution in [2.75, 3.05) is 19.7 Å². The zero-order valence-electron chi connectivity index (χ0n) is 15.8. The highest BCUT2D eigenvalue weighted by atomic mass is 127. The predicted molar refractivity (Wildman–Crippen MR) is 125 cm³/mol. The lowest BCUT2D eigenvalue weighted by molar-refractivity contribution is 0.181. The van der Waals surface area contributed by atoms with Crippen molar-refractivity contribution >= 4 is 53.1 Å². The molecule has 0 radical (unpaired) electrons. The quantitative estimate of drug-likeness (QED) is 0.267. The lowest BCUT2D eigenvalue weighted by atomic mass is 10.1. The Morgan fingerprint density at radius 3 is 2.54 bits per heavy atom. The van der Waals surface area contributed by atoms with Crippen LogP contribution in [0.25, 0.3) is 0 Å². The third-order valence-corrected chi connectivity index (χ3v) is 4.02. The van der Waals surface area contributed by atoms with Gasteiger partial charge in [0.15, 0.2) is 5.96 Å². The Morgan fingerprint density at radius 2 is 1.89 bits per heavy atom. The van der Waals surface area contributed by atoms with Gasteiger partial charge in [-0.3, -0.25) is 0 Å². The number of aliphatic hydroxyl groups is 1. The summed E-state index contributed by atoms with van der Waals surface area (Å²) in [5, 5.41) is 17.6. The molecule has 1 aromatic carbocycles. The summed E-state index contributed by atoms with van der Waals surface area (Å²) in [6, 6.07) is 8.76. The minimum atomic E-state index is -0.768. The number of aliphatic imine (C=N–C) groups is 1. The first-order valence-electron chi connectivity index (χ1n) is 8.75. The van der Waals surface area contributed by atoms with Crippen molar-refractivity contribution in [3.05, 3.63) is 57.7 Å². The highest BCUT2D eigenvalue weighted by Gasteiger charge is 2.10. The maximum Gasteiger partial charge on any atom is 0.213 e. The first kappa shape index (κ1) is 24.7. The van der Waals surface area contributed by atoms with Crippen LogP contribution in [0.1, 0.15) is 31.1 Å². The van der Waals surface area contributed by atoms with Crippen molar-refractivity contribution in [3.63, 3.8) is 0 Å². The van der Waals surface area contributed by atoms with E-state index >= 15 is 0 Å². The van der Waals surface area contributed by atoms with Crippen LogP contribution < -0.4 is 15.4 Å². The van der Waals surface area contributed by atoms with Crippen molar-refractivity contribution in [3.8, 4) is 5.88 Å². The minimum absolute atomic E-state index is 0. The standard InChI is InChI=1S/C19H24Cl2N4O2.HI/c1-3-22-19(24-11-13-5-6-23-18(7-13)27-4-2)25-12-17(26)14-8-15(20)10-16(21)9-14;/h5-10,17,26H,3-4,11-12H2,1-2H3,(H2,22,24,25);1H. The van der Waals surface area contributed by atoms with Gasteiger partial charge in [0, 0.05) is 35.4 Å². The third kappa shape index (κ3) is 8.38. The summed E-state index contributed by atoms with van der Waals surface area (Å²) in [7, 11) is 0.